The van der Waals surface area contributed by atoms with E-state index in [1.807, 2.05) is 0 Å². The predicted molar refractivity (Wildman–Crippen MR) is 68.9 cm³/mol. The second kappa shape index (κ2) is 7.01. The molecule has 1 amide bonds. The zero-order valence-corrected chi connectivity index (χ0v) is 11.3. The first-order chi connectivity index (χ1) is 8.93. The van der Waals surface area contributed by atoms with E-state index in [2.05, 4.69) is 15.3 Å². The minimum absolute atomic E-state index is 0.112. The van der Waals surface area contributed by atoms with Gasteiger partial charge in [0.25, 0.3) is 0 Å². The van der Waals surface area contributed by atoms with E-state index in [1.54, 1.807) is 13.8 Å². The summed E-state index contributed by atoms with van der Waals surface area (Å²) in [6, 6.07) is 0. The number of methoxy groups -OCH3 is 1. The Labute approximate surface area is 111 Å². The average molecular weight is 269 g/mol. The summed E-state index contributed by atoms with van der Waals surface area (Å²) < 4.78 is 4.75. The molecule has 1 aromatic heterocycles. The van der Waals surface area contributed by atoms with Crippen molar-refractivity contribution in [3.05, 3.63) is 27.4 Å². The van der Waals surface area contributed by atoms with Gasteiger partial charge in [0.05, 0.1) is 19.1 Å². The Morgan fingerprint density at radius 3 is 2.79 bits per heavy atom. The van der Waals surface area contributed by atoms with Gasteiger partial charge in [0.2, 0.25) is 5.91 Å². The second-order valence-corrected chi connectivity index (χ2v) is 4.32. The number of ether oxygens (including phenoxy) is 1. The molecule has 0 bridgehead atoms. The lowest BCUT2D eigenvalue weighted by Crippen LogP contribution is -2.35. The number of aromatic nitrogens is 2. The molecule has 7 heteroatoms. The fourth-order valence-corrected chi connectivity index (χ4v) is 1.72. The van der Waals surface area contributed by atoms with E-state index in [1.165, 1.54) is 7.11 Å². The molecule has 1 rings (SSSR count). The quantitative estimate of drug-likeness (QED) is 0.618. The molecule has 0 aromatic carbocycles. The minimum atomic E-state index is -0.732. The van der Waals surface area contributed by atoms with Crippen molar-refractivity contribution in [2.45, 2.75) is 26.4 Å². The van der Waals surface area contributed by atoms with E-state index >= 15 is 0 Å². The summed E-state index contributed by atoms with van der Waals surface area (Å²) in [6.07, 6.45) is -0.619. The van der Waals surface area contributed by atoms with Gasteiger partial charge in [0, 0.05) is 30.6 Å². The maximum absolute atomic E-state index is 11.7. The van der Waals surface area contributed by atoms with Crippen molar-refractivity contribution >= 4 is 5.91 Å². The first kappa shape index (κ1) is 15.3. The van der Waals surface area contributed by atoms with Crippen LogP contribution in [0, 0.1) is 13.8 Å². The zero-order chi connectivity index (χ0) is 14.4. The number of aliphatic hydroxyl groups excluding tert-OH is 1. The van der Waals surface area contributed by atoms with Gasteiger partial charge in [0.1, 0.15) is 0 Å². The summed E-state index contributed by atoms with van der Waals surface area (Å²) in [5, 5.41) is 12.0. The molecular formula is C12H19N3O4. The molecule has 3 N–H and O–H groups in total. The SMILES string of the molecule is COCC(O)CNC(=O)Cc1c(C)nc(=O)[nH]c1C. The fraction of sp³-hybridized carbons (Fsp3) is 0.583. The highest BCUT2D eigenvalue weighted by Gasteiger charge is 2.12. The second-order valence-electron chi connectivity index (χ2n) is 4.32. The highest BCUT2D eigenvalue weighted by atomic mass is 16.5. The fourth-order valence-electron chi connectivity index (χ4n) is 1.72. The molecule has 0 aliphatic rings. The Kier molecular flexibility index (Phi) is 5.65. The molecule has 0 aliphatic carbocycles. The van der Waals surface area contributed by atoms with Gasteiger partial charge < -0.3 is 20.1 Å². The van der Waals surface area contributed by atoms with Crippen LogP contribution in [-0.4, -0.2) is 47.3 Å². The molecule has 0 saturated heterocycles. The standard InChI is InChI=1S/C12H19N3O4/c1-7-10(8(2)15-12(18)14-7)4-11(17)13-5-9(16)6-19-3/h9,16H,4-6H2,1-3H3,(H,13,17)(H,14,15,18). The Bertz CT molecular complexity index is 472. The number of amides is 1. The van der Waals surface area contributed by atoms with Gasteiger partial charge in [0.15, 0.2) is 0 Å². The first-order valence-electron chi connectivity index (χ1n) is 5.94. The molecule has 1 aromatic rings. The van der Waals surface area contributed by atoms with E-state index in [0.29, 0.717) is 17.0 Å². The van der Waals surface area contributed by atoms with Gasteiger partial charge in [-0.1, -0.05) is 0 Å². The summed E-state index contributed by atoms with van der Waals surface area (Å²) in [7, 11) is 1.48. The minimum Gasteiger partial charge on any atom is -0.389 e. The number of hydrogen-bond donors (Lipinski definition) is 3. The van der Waals surface area contributed by atoms with Crippen LogP contribution in [0.3, 0.4) is 0 Å². The molecule has 106 valence electrons. The van der Waals surface area contributed by atoms with Gasteiger partial charge in [-0.05, 0) is 13.8 Å². The number of carbonyl (C=O) groups is 1. The molecule has 0 spiro atoms. The maximum atomic E-state index is 11.7. The molecule has 1 heterocycles. The molecular weight excluding hydrogens is 250 g/mol. The van der Waals surface area contributed by atoms with Crippen LogP contribution in [0.1, 0.15) is 17.0 Å². The normalized spacial score (nSPS) is 12.2. The van der Waals surface area contributed by atoms with Gasteiger partial charge in [-0.3, -0.25) is 4.79 Å². The topological polar surface area (TPSA) is 104 Å². The predicted octanol–water partition coefficient (Wildman–Crippen LogP) is -0.947. The number of carbonyl (C=O) groups excluding carboxylic acids is 1. The van der Waals surface area contributed by atoms with Crippen LogP contribution in [0.15, 0.2) is 4.79 Å². The smallest absolute Gasteiger partial charge is 0.345 e. The highest BCUT2D eigenvalue weighted by molar-refractivity contribution is 5.79. The molecule has 0 saturated carbocycles. The van der Waals surface area contributed by atoms with Crippen LogP contribution in [-0.2, 0) is 16.0 Å². The van der Waals surface area contributed by atoms with Crippen LogP contribution in [0.25, 0.3) is 0 Å². The molecule has 0 fully saturated rings. The molecule has 19 heavy (non-hydrogen) atoms. The first-order valence-corrected chi connectivity index (χ1v) is 5.94. The number of nitrogens with one attached hydrogen (secondary N) is 2. The Balaban J connectivity index is 2.60. The summed E-state index contributed by atoms with van der Waals surface area (Å²) in [5.41, 5.74) is 1.44. The highest BCUT2D eigenvalue weighted by Crippen LogP contribution is 2.07. The van der Waals surface area contributed by atoms with Gasteiger partial charge in [-0.15, -0.1) is 0 Å². The van der Waals surface area contributed by atoms with Crippen molar-refractivity contribution in [2.75, 3.05) is 20.3 Å². The summed E-state index contributed by atoms with van der Waals surface area (Å²) in [6.45, 7) is 3.70. The van der Waals surface area contributed by atoms with Crippen molar-refractivity contribution in [3.63, 3.8) is 0 Å². The number of aliphatic hydroxyl groups is 1. The lowest BCUT2D eigenvalue weighted by atomic mass is 10.1. The van der Waals surface area contributed by atoms with Crippen molar-refractivity contribution in [1.82, 2.24) is 15.3 Å². The summed E-state index contributed by atoms with van der Waals surface area (Å²) in [4.78, 5) is 29.2. The third-order valence-electron chi connectivity index (χ3n) is 2.68. The monoisotopic (exact) mass is 269 g/mol. The number of H-pyrrole nitrogens is 1. The lowest BCUT2D eigenvalue weighted by Gasteiger charge is -2.12. The summed E-state index contributed by atoms with van der Waals surface area (Å²) >= 11 is 0. The van der Waals surface area contributed by atoms with Gasteiger partial charge in [-0.2, -0.15) is 4.98 Å². The largest absolute Gasteiger partial charge is 0.389 e. The third-order valence-corrected chi connectivity index (χ3v) is 2.68. The van der Waals surface area contributed by atoms with Crippen LogP contribution in [0.2, 0.25) is 0 Å². The van der Waals surface area contributed by atoms with E-state index in [9.17, 15) is 14.7 Å². The number of nitrogens with zero attached hydrogens (tertiary/aromatic N) is 1. The van der Waals surface area contributed by atoms with Crippen LogP contribution < -0.4 is 11.0 Å². The number of aryl methyl sites for hydroxylation is 2. The van der Waals surface area contributed by atoms with Crippen molar-refractivity contribution < 1.29 is 14.6 Å². The molecule has 1 unspecified atom stereocenters. The average Bonchev–Trinajstić information content (AvgIpc) is 2.31. The van der Waals surface area contributed by atoms with Crippen LogP contribution >= 0.6 is 0 Å². The summed E-state index contributed by atoms with van der Waals surface area (Å²) in [5.74, 6) is -0.241. The Hall–Kier alpha value is -1.73. The molecule has 1 atom stereocenters. The van der Waals surface area contributed by atoms with Crippen molar-refractivity contribution in [3.8, 4) is 0 Å². The number of hydrogen-bond acceptors (Lipinski definition) is 5. The van der Waals surface area contributed by atoms with E-state index < -0.39 is 11.8 Å². The Morgan fingerprint density at radius 1 is 1.53 bits per heavy atom. The van der Waals surface area contributed by atoms with Gasteiger partial charge in [-0.25, -0.2) is 4.79 Å². The number of rotatable bonds is 6. The molecule has 0 radical (unpaired) electrons. The van der Waals surface area contributed by atoms with Crippen LogP contribution in [0.5, 0.6) is 0 Å². The third kappa shape index (κ3) is 4.80. The lowest BCUT2D eigenvalue weighted by molar-refractivity contribution is -0.121. The van der Waals surface area contributed by atoms with Crippen molar-refractivity contribution in [2.24, 2.45) is 0 Å². The Morgan fingerprint density at radius 2 is 2.21 bits per heavy atom. The van der Waals surface area contributed by atoms with E-state index in [4.69, 9.17) is 4.74 Å². The van der Waals surface area contributed by atoms with E-state index in [0.717, 1.165) is 0 Å². The number of aromatic amines is 1. The molecule has 7 nitrogen and oxygen atoms in total. The van der Waals surface area contributed by atoms with Gasteiger partial charge >= 0.3 is 5.69 Å². The van der Waals surface area contributed by atoms with Crippen LogP contribution in [0.4, 0.5) is 0 Å². The van der Waals surface area contributed by atoms with Crippen molar-refractivity contribution in [1.29, 1.82) is 0 Å². The zero-order valence-electron chi connectivity index (χ0n) is 11.3. The molecule has 0 aliphatic heterocycles. The maximum Gasteiger partial charge on any atom is 0.345 e. The van der Waals surface area contributed by atoms with E-state index in [-0.39, 0.29) is 25.5 Å².